The summed E-state index contributed by atoms with van der Waals surface area (Å²) >= 11 is 0. The van der Waals surface area contributed by atoms with E-state index in [2.05, 4.69) is 28.2 Å². The Morgan fingerprint density at radius 1 is 0.909 bits per heavy atom. The van der Waals surface area contributed by atoms with Crippen LogP contribution in [0, 0.1) is 0 Å². The summed E-state index contributed by atoms with van der Waals surface area (Å²) in [7, 11) is 0. The zero-order chi connectivity index (χ0) is 23.5. The van der Waals surface area contributed by atoms with Crippen molar-refractivity contribution < 1.29 is 19.1 Å². The molecule has 1 aliphatic rings. The maximum Gasteiger partial charge on any atom is 0.251 e. The minimum Gasteiger partial charge on any atom is -0.376 e. The molecule has 2 aromatic rings. The van der Waals surface area contributed by atoms with Crippen LogP contribution in [0.15, 0.2) is 48.5 Å². The van der Waals surface area contributed by atoms with Crippen LogP contribution in [0.3, 0.4) is 0 Å². The van der Waals surface area contributed by atoms with Gasteiger partial charge in [0.25, 0.3) is 11.8 Å². The van der Waals surface area contributed by atoms with Crippen LogP contribution < -0.4 is 21.3 Å². The Bertz CT molecular complexity index is 922. The van der Waals surface area contributed by atoms with Crippen LogP contribution in [0.5, 0.6) is 0 Å². The molecule has 1 unspecified atom stereocenters. The van der Waals surface area contributed by atoms with Crippen molar-refractivity contribution in [1.82, 2.24) is 10.6 Å². The molecule has 0 saturated carbocycles. The maximum atomic E-state index is 12.2. The molecule has 4 N–H and O–H groups in total. The van der Waals surface area contributed by atoms with E-state index in [1.165, 1.54) is 0 Å². The summed E-state index contributed by atoms with van der Waals surface area (Å²) in [5, 5.41) is 11.6. The SMILES string of the molecule is CCCCNC(=O)c1ccc(NC(=O)CNc2ccc(C(=O)NCC3CCCO3)cc2)cc1. The summed E-state index contributed by atoms with van der Waals surface area (Å²) in [4.78, 5) is 36.5. The lowest BCUT2D eigenvalue weighted by atomic mass is 10.2. The highest BCUT2D eigenvalue weighted by molar-refractivity contribution is 5.97. The van der Waals surface area contributed by atoms with Crippen LogP contribution in [0.2, 0.25) is 0 Å². The first-order valence-corrected chi connectivity index (χ1v) is 11.5. The van der Waals surface area contributed by atoms with Crippen LogP contribution in [0.1, 0.15) is 53.3 Å². The Morgan fingerprint density at radius 2 is 1.55 bits per heavy atom. The highest BCUT2D eigenvalue weighted by Crippen LogP contribution is 2.13. The maximum absolute atomic E-state index is 12.2. The lowest BCUT2D eigenvalue weighted by Gasteiger charge is -2.11. The van der Waals surface area contributed by atoms with Gasteiger partial charge in [-0.1, -0.05) is 13.3 Å². The number of hydrogen-bond acceptors (Lipinski definition) is 5. The second kappa shape index (κ2) is 12.6. The van der Waals surface area contributed by atoms with Gasteiger partial charge in [0.2, 0.25) is 5.91 Å². The van der Waals surface area contributed by atoms with Gasteiger partial charge in [0.05, 0.1) is 12.6 Å². The van der Waals surface area contributed by atoms with Gasteiger partial charge in [-0.05, 0) is 67.8 Å². The fourth-order valence-corrected chi connectivity index (χ4v) is 3.43. The Kier molecular flexibility index (Phi) is 9.26. The third-order valence-corrected chi connectivity index (χ3v) is 5.36. The lowest BCUT2D eigenvalue weighted by molar-refractivity contribution is -0.114. The van der Waals surface area contributed by atoms with Gasteiger partial charge in [0, 0.05) is 42.2 Å². The zero-order valence-electron chi connectivity index (χ0n) is 19.0. The molecule has 2 aromatic carbocycles. The van der Waals surface area contributed by atoms with Crippen molar-refractivity contribution in [1.29, 1.82) is 0 Å². The Labute approximate surface area is 194 Å². The fraction of sp³-hybridized carbons (Fsp3) is 0.400. The van der Waals surface area contributed by atoms with Crippen LogP contribution in [-0.2, 0) is 9.53 Å². The van der Waals surface area contributed by atoms with Crippen molar-refractivity contribution in [2.24, 2.45) is 0 Å². The summed E-state index contributed by atoms with van der Waals surface area (Å²) in [6, 6.07) is 13.7. The third-order valence-electron chi connectivity index (χ3n) is 5.36. The minimum absolute atomic E-state index is 0.0732. The molecule has 8 nitrogen and oxygen atoms in total. The molecular formula is C25H32N4O4. The Morgan fingerprint density at radius 3 is 2.15 bits per heavy atom. The van der Waals surface area contributed by atoms with Crippen LogP contribution in [0.25, 0.3) is 0 Å². The van der Waals surface area contributed by atoms with E-state index < -0.39 is 0 Å². The first-order chi connectivity index (χ1) is 16.0. The first-order valence-electron chi connectivity index (χ1n) is 11.5. The largest absolute Gasteiger partial charge is 0.376 e. The number of amides is 3. The van der Waals surface area contributed by atoms with Crippen LogP contribution in [0.4, 0.5) is 11.4 Å². The first kappa shape index (κ1) is 24.3. The number of rotatable bonds is 11. The lowest BCUT2D eigenvalue weighted by Crippen LogP contribution is -2.31. The molecule has 0 spiro atoms. The van der Waals surface area contributed by atoms with E-state index in [0.29, 0.717) is 29.9 Å². The number of carbonyl (C=O) groups excluding carboxylic acids is 3. The molecule has 1 heterocycles. The molecule has 1 aliphatic heterocycles. The van der Waals surface area contributed by atoms with Crippen molar-refractivity contribution in [3.8, 4) is 0 Å². The predicted octanol–water partition coefficient (Wildman–Crippen LogP) is 3.18. The number of anilines is 2. The molecule has 0 radical (unpaired) electrons. The van der Waals surface area contributed by atoms with E-state index in [1.807, 2.05) is 0 Å². The van der Waals surface area contributed by atoms with Crippen molar-refractivity contribution >= 4 is 29.1 Å². The van der Waals surface area contributed by atoms with Crippen molar-refractivity contribution in [2.45, 2.75) is 38.7 Å². The molecule has 3 amide bonds. The van der Waals surface area contributed by atoms with E-state index in [9.17, 15) is 14.4 Å². The van der Waals surface area contributed by atoms with Gasteiger partial charge in [-0.15, -0.1) is 0 Å². The second-order valence-electron chi connectivity index (χ2n) is 8.01. The summed E-state index contributed by atoms with van der Waals surface area (Å²) in [6.07, 6.45) is 4.08. The molecule has 8 heteroatoms. The predicted molar refractivity (Wildman–Crippen MR) is 129 cm³/mol. The molecule has 1 saturated heterocycles. The van der Waals surface area contributed by atoms with Gasteiger partial charge in [-0.3, -0.25) is 14.4 Å². The van der Waals surface area contributed by atoms with Gasteiger partial charge in [-0.2, -0.15) is 0 Å². The van der Waals surface area contributed by atoms with Crippen LogP contribution >= 0.6 is 0 Å². The van der Waals surface area contributed by atoms with E-state index in [-0.39, 0.29) is 30.4 Å². The molecule has 176 valence electrons. The molecule has 33 heavy (non-hydrogen) atoms. The normalized spacial score (nSPS) is 15.0. The summed E-state index contributed by atoms with van der Waals surface area (Å²) < 4.78 is 5.51. The number of benzene rings is 2. The van der Waals surface area contributed by atoms with Gasteiger partial charge < -0.3 is 26.0 Å². The highest BCUT2D eigenvalue weighted by Gasteiger charge is 2.16. The number of ether oxygens (including phenoxy) is 1. The Hall–Kier alpha value is -3.39. The zero-order valence-corrected chi connectivity index (χ0v) is 19.0. The Balaban J connectivity index is 1.40. The molecular weight excluding hydrogens is 420 g/mol. The van der Waals surface area contributed by atoms with E-state index in [0.717, 1.165) is 38.0 Å². The van der Waals surface area contributed by atoms with Gasteiger partial charge in [0.1, 0.15) is 0 Å². The molecule has 0 aliphatic carbocycles. The van der Waals surface area contributed by atoms with E-state index >= 15 is 0 Å². The van der Waals surface area contributed by atoms with Crippen molar-refractivity contribution in [3.05, 3.63) is 59.7 Å². The topological polar surface area (TPSA) is 109 Å². The van der Waals surface area contributed by atoms with Gasteiger partial charge in [-0.25, -0.2) is 0 Å². The number of unbranched alkanes of at least 4 members (excludes halogenated alkanes) is 1. The van der Waals surface area contributed by atoms with E-state index in [1.54, 1.807) is 48.5 Å². The smallest absolute Gasteiger partial charge is 0.251 e. The summed E-state index contributed by atoms with van der Waals surface area (Å²) in [5.74, 6) is -0.474. The van der Waals surface area contributed by atoms with Crippen molar-refractivity contribution in [3.63, 3.8) is 0 Å². The number of hydrogen-bond donors (Lipinski definition) is 4. The monoisotopic (exact) mass is 452 g/mol. The van der Waals surface area contributed by atoms with Crippen LogP contribution in [-0.4, -0.2) is 50.1 Å². The highest BCUT2D eigenvalue weighted by atomic mass is 16.5. The fourth-order valence-electron chi connectivity index (χ4n) is 3.43. The van der Waals surface area contributed by atoms with Gasteiger partial charge in [0.15, 0.2) is 0 Å². The number of nitrogens with one attached hydrogen (secondary N) is 4. The van der Waals surface area contributed by atoms with Gasteiger partial charge >= 0.3 is 0 Å². The average molecular weight is 453 g/mol. The van der Waals surface area contributed by atoms with E-state index in [4.69, 9.17) is 4.74 Å². The van der Waals surface area contributed by atoms with Crippen molar-refractivity contribution in [2.75, 3.05) is 36.9 Å². The molecule has 3 rings (SSSR count). The third kappa shape index (κ3) is 7.91. The average Bonchev–Trinajstić information content (AvgIpc) is 3.36. The quantitative estimate of drug-likeness (QED) is 0.392. The second-order valence-corrected chi connectivity index (χ2v) is 8.01. The standard InChI is InChI=1S/C25H32N4O4/c1-2-3-14-26-24(31)18-8-12-21(13-9-18)29-23(30)17-27-20-10-6-19(7-11-20)25(32)28-16-22-5-4-15-33-22/h6-13,22,27H,2-5,14-17H2,1H3,(H,26,31)(H,28,32)(H,29,30). The molecule has 0 bridgehead atoms. The summed E-state index contributed by atoms with van der Waals surface area (Å²) in [6.45, 7) is 4.07. The molecule has 1 fully saturated rings. The minimum atomic E-state index is -0.214. The molecule has 0 aromatic heterocycles. The summed E-state index contributed by atoms with van der Waals surface area (Å²) in [5.41, 5.74) is 2.47. The number of carbonyl (C=O) groups is 3. The molecule has 1 atom stereocenters.